The molecule has 6 unspecified atom stereocenters. The zero-order valence-corrected chi connectivity index (χ0v) is 22.8. The van der Waals surface area contributed by atoms with E-state index < -0.39 is 182 Å². The number of thiophene rings is 1. The molecule has 4 heteroatoms. The lowest BCUT2D eigenvalue weighted by Gasteiger charge is -2.37. The molecule has 0 bridgehead atoms. The van der Waals surface area contributed by atoms with Crippen molar-refractivity contribution in [3.05, 3.63) is 89.1 Å². The van der Waals surface area contributed by atoms with Crippen molar-refractivity contribution in [2.75, 3.05) is 0 Å². The summed E-state index contributed by atoms with van der Waals surface area (Å²) < 4.78 is 312. The van der Waals surface area contributed by atoms with Crippen molar-refractivity contribution in [2.45, 2.75) is 113 Å². The highest BCUT2D eigenvalue weighted by atomic mass is 32.1. The molecule has 0 saturated heterocycles. The molecule has 3 fully saturated rings. The van der Waals surface area contributed by atoms with E-state index >= 15 is 0 Å². The molecule has 3 nitrogen and oxygen atoms in total. The van der Waals surface area contributed by atoms with Gasteiger partial charge in [-0.2, -0.15) is 0 Å². The lowest BCUT2D eigenvalue weighted by molar-refractivity contribution is 0.361. The maximum Gasteiger partial charge on any atom is 0.0739 e. The van der Waals surface area contributed by atoms with Gasteiger partial charge in [0.2, 0.25) is 0 Å². The Morgan fingerprint density at radius 3 is 2.33 bits per heavy atom. The van der Waals surface area contributed by atoms with Crippen molar-refractivity contribution in [1.29, 1.82) is 0 Å². The van der Waals surface area contributed by atoms with Gasteiger partial charge < -0.3 is 0 Å². The van der Waals surface area contributed by atoms with Crippen LogP contribution in [0.25, 0.3) is 31.3 Å². The SMILES string of the molecule is [2H]c1c([2H])c([2H])c(-c2ccc3sc4ccccc4c3c2C2([2H])C(c3nnnc(C4([2H])C([2H])C([2H])([2H])C([2H])([2H])C([2H])([2H])C4([2H])[2H])c3C3([2H])C([2H])C([2H])([2H])C([2H])([2H])C([2H])([2H])C3([2H])[2H])C([2H])([2H])C([2H])([2H])C([2H])([2H])C2([2H])[2H])c([2H])c1[2H]. The van der Waals surface area contributed by atoms with E-state index in [4.69, 9.17) is 23.3 Å². The van der Waals surface area contributed by atoms with Crippen LogP contribution >= 0.6 is 11.3 Å². The Labute approximate surface area is 307 Å². The summed E-state index contributed by atoms with van der Waals surface area (Å²) in [6.45, 7) is 0. The van der Waals surface area contributed by atoms with E-state index in [0.29, 0.717) is 0 Å². The molecule has 3 saturated carbocycles. The minimum atomic E-state index is -4.64. The summed E-state index contributed by atoms with van der Waals surface area (Å²) in [5, 5.41) is 10.3. The van der Waals surface area contributed by atoms with E-state index in [1.807, 2.05) is 0 Å². The van der Waals surface area contributed by atoms with Crippen molar-refractivity contribution in [1.82, 2.24) is 15.4 Å². The first-order chi connectivity index (χ1) is 34.4. The number of fused-ring (bicyclic) bond motifs is 3. The lowest BCUT2D eigenvalue weighted by Crippen LogP contribution is -2.25. The molecule has 0 aliphatic heterocycles. The van der Waals surface area contributed by atoms with Crippen LogP contribution in [0.5, 0.6) is 0 Å². The summed E-state index contributed by atoms with van der Waals surface area (Å²) in [4.78, 5) is 0. The van der Waals surface area contributed by atoms with Crippen molar-refractivity contribution in [2.24, 2.45) is 0 Å². The third kappa shape index (κ3) is 5.10. The summed E-state index contributed by atoms with van der Waals surface area (Å²) in [6, 6.07) is 2.76. The molecule has 0 spiro atoms. The second kappa shape index (κ2) is 12.1. The van der Waals surface area contributed by atoms with Gasteiger partial charge in [0.25, 0.3) is 0 Å². The molecule has 6 atom stereocenters. The number of aromatic nitrogens is 3. The summed E-state index contributed by atoms with van der Waals surface area (Å²) in [5.74, 6) is -16.9. The van der Waals surface area contributed by atoms with E-state index in [2.05, 4.69) is 15.4 Å². The first kappa shape index (κ1) is 9.22. The van der Waals surface area contributed by atoms with Gasteiger partial charge in [0, 0.05) is 77.3 Å². The zero-order valence-electron chi connectivity index (χ0n) is 55.9. The van der Waals surface area contributed by atoms with Crippen LogP contribution < -0.4 is 0 Å². The van der Waals surface area contributed by atoms with Crippen LogP contribution in [-0.2, 0) is 0 Å². The second-order valence-electron chi connectivity index (χ2n) is 9.38. The lowest BCUT2D eigenvalue weighted by atomic mass is 9.68. The van der Waals surface area contributed by atoms with Crippen LogP contribution in [0.3, 0.4) is 0 Å². The van der Waals surface area contributed by atoms with Gasteiger partial charge in [-0.25, -0.2) is 0 Å². The maximum absolute atomic E-state index is 10.9. The number of benzene rings is 3. The van der Waals surface area contributed by atoms with E-state index in [1.54, 1.807) is 0 Å². The quantitative estimate of drug-likeness (QED) is 0.196. The minimum absolute atomic E-state index is 0.0124. The predicted octanol–water partition coefficient (Wildman–Crippen LogP) is 11.4. The summed E-state index contributed by atoms with van der Waals surface area (Å²) in [6.07, 6.45) is -59.6. The Hall–Kier alpha value is -3.11. The van der Waals surface area contributed by atoms with Gasteiger partial charge in [-0.1, -0.05) is 105 Å². The first-order valence-electron chi connectivity index (χ1n) is 30.2. The largest absolute Gasteiger partial charge is 0.135 e. The summed E-state index contributed by atoms with van der Waals surface area (Å²) >= 11 is 0.886. The maximum atomic E-state index is 10.9. The molecule has 0 radical (unpaired) electrons. The molecule has 43 heavy (non-hydrogen) atoms. The Morgan fingerprint density at radius 2 is 1.44 bits per heavy atom. The van der Waals surface area contributed by atoms with E-state index in [1.165, 1.54) is 30.3 Å². The van der Waals surface area contributed by atoms with Crippen molar-refractivity contribution < 1.29 is 46.6 Å². The molecule has 3 aliphatic rings. The highest BCUT2D eigenvalue weighted by Gasteiger charge is 2.38. The van der Waals surface area contributed by atoms with Crippen LogP contribution in [0.2, 0.25) is 0 Å². The Balaban J connectivity index is 1.73. The zero-order chi connectivity index (χ0) is 59.0. The van der Waals surface area contributed by atoms with Gasteiger partial charge in [-0.05, 0) is 84.1 Å². The third-order valence-corrected chi connectivity index (χ3v) is 8.17. The van der Waals surface area contributed by atoms with Gasteiger partial charge in [0.1, 0.15) is 0 Å². The summed E-state index contributed by atoms with van der Waals surface area (Å²) in [7, 11) is 0. The molecule has 5 aromatic rings. The summed E-state index contributed by atoms with van der Waals surface area (Å²) in [5.41, 5.74) is -8.90. The van der Waals surface area contributed by atoms with E-state index in [-0.39, 0.29) is 14.8 Å². The molecule has 0 amide bonds. The van der Waals surface area contributed by atoms with Crippen LogP contribution in [0.4, 0.5) is 0 Å². The Bertz CT molecular complexity index is 3290. The standard InChI is InChI=1S/C39H43N3S/c1-4-14-26(15-5-1)29-24-25-34-37(32-22-12-13-23-33(32)43-34)36(29)30-20-10-11-21-31(30)39-35(27-16-6-2-7-17-27)38(40-42-41-39)28-18-8-3-9-19-28/h1,4-5,12-15,22-25,27-28,30-31H,2-3,6-11,16-21H2/i1D,2D2,3D2,4D,5D,6D2,7D2,8D2,9D2,10D2,11D2,14D,15D,16D,17D2,18D,19D2,20D2,21D2,27D,28D,30D. The van der Waals surface area contributed by atoms with Crippen molar-refractivity contribution in [3.8, 4) is 11.1 Å². The van der Waals surface area contributed by atoms with Crippen LogP contribution in [0, 0.1) is 0 Å². The van der Waals surface area contributed by atoms with Gasteiger partial charge in [-0.3, -0.25) is 0 Å². The average molecular weight is 620 g/mol. The molecule has 0 N–H and O–H groups in total. The Morgan fingerprint density at radius 1 is 0.698 bits per heavy atom. The molecular formula is C39H43N3S. The normalized spacial score (nSPS) is 59.0. The van der Waals surface area contributed by atoms with E-state index in [9.17, 15) is 23.3 Å². The fourth-order valence-corrected chi connectivity index (χ4v) is 6.38. The highest BCUT2D eigenvalue weighted by molar-refractivity contribution is 7.25. The predicted molar refractivity (Wildman–Crippen MR) is 180 cm³/mol. The average Bonchev–Trinajstić information content (AvgIpc) is 3.71. The molecule has 3 aromatic carbocycles. The second-order valence-corrected chi connectivity index (χ2v) is 10.5. The van der Waals surface area contributed by atoms with Crippen LogP contribution in [-0.4, -0.2) is 15.4 Å². The van der Waals surface area contributed by atoms with Gasteiger partial charge in [0.15, 0.2) is 0 Å². The Kier molecular flexibility index (Phi) is 2.60. The number of hydrogen-bond acceptors (Lipinski definition) is 4. The molecule has 220 valence electrons. The molecule has 2 heterocycles. The smallest absolute Gasteiger partial charge is 0.0739 e. The third-order valence-electron chi connectivity index (χ3n) is 7.03. The van der Waals surface area contributed by atoms with Crippen LogP contribution in [0.15, 0.2) is 66.6 Å². The fourth-order valence-electron chi connectivity index (χ4n) is 5.27. The topological polar surface area (TPSA) is 38.7 Å². The van der Waals surface area contributed by atoms with Crippen LogP contribution in [0.1, 0.15) is 182 Å². The van der Waals surface area contributed by atoms with E-state index in [0.717, 1.165) is 17.4 Å². The fraction of sp³-hybridized carbons (Fsp3) is 0.462. The van der Waals surface area contributed by atoms with Gasteiger partial charge >= 0.3 is 0 Å². The van der Waals surface area contributed by atoms with Crippen molar-refractivity contribution in [3.63, 3.8) is 0 Å². The van der Waals surface area contributed by atoms with Gasteiger partial charge in [-0.15, -0.1) is 21.5 Å². The highest BCUT2D eigenvalue weighted by Crippen LogP contribution is 2.53. The van der Waals surface area contributed by atoms with Crippen molar-refractivity contribution >= 4 is 31.5 Å². The number of nitrogens with zero attached hydrogens (tertiary/aromatic N) is 3. The minimum Gasteiger partial charge on any atom is -0.135 e. The molecule has 8 rings (SSSR count). The van der Waals surface area contributed by atoms with Gasteiger partial charge in [0.05, 0.1) is 18.2 Å². The molecule has 2 aromatic heterocycles. The first-order valence-corrected chi connectivity index (χ1v) is 13.8. The number of rotatable bonds is 5. The monoisotopic (exact) mass is 620 g/mol. The molecule has 3 aliphatic carbocycles. The molecular weight excluding hydrogens is 543 g/mol. The number of hydrogen-bond donors (Lipinski definition) is 0.